The van der Waals surface area contributed by atoms with Crippen molar-refractivity contribution in [2.45, 2.75) is 13.0 Å². The molecule has 0 radical (unpaired) electrons. The van der Waals surface area contributed by atoms with E-state index in [-0.39, 0.29) is 23.8 Å². The number of carboxylic acids is 1. The zero-order valence-corrected chi connectivity index (χ0v) is 8.91. The van der Waals surface area contributed by atoms with E-state index in [9.17, 15) is 9.18 Å². The van der Waals surface area contributed by atoms with Crippen molar-refractivity contribution in [2.24, 2.45) is 0 Å². The Kier molecular flexibility index (Phi) is 2.78. The SMILES string of the molecule is O=C(O)CCn1c(Cl)nc2c(F)cccc21. The van der Waals surface area contributed by atoms with Gasteiger partial charge in [0.1, 0.15) is 5.52 Å². The molecule has 0 unspecified atom stereocenters. The number of rotatable bonds is 3. The molecule has 84 valence electrons. The molecule has 6 heteroatoms. The zero-order valence-electron chi connectivity index (χ0n) is 8.15. The highest BCUT2D eigenvalue weighted by atomic mass is 35.5. The van der Waals surface area contributed by atoms with Crippen LogP contribution in [0.25, 0.3) is 11.0 Å². The fraction of sp³-hybridized carbons (Fsp3) is 0.200. The molecule has 0 fully saturated rings. The lowest BCUT2D eigenvalue weighted by Gasteiger charge is -2.02. The van der Waals surface area contributed by atoms with Crippen molar-refractivity contribution in [3.8, 4) is 0 Å². The first-order valence-electron chi connectivity index (χ1n) is 4.61. The van der Waals surface area contributed by atoms with Crippen LogP contribution < -0.4 is 0 Å². The summed E-state index contributed by atoms with van der Waals surface area (Å²) in [5.74, 6) is -1.40. The monoisotopic (exact) mass is 242 g/mol. The van der Waals surface area contributed by atoms with Gasteiger partial charge in [-0.2, -0.15) is 0 Å². The van der Waals surface area contributed by atoms with Crippen LogP contribution in [0.15, 0.2) is 18.2 Å². The second kappa shape index (κ2) is 4.09. The summed E-state index contributed by atoms with van der Waals surface area (Å²) < 4.78 is 14.8. The van der Waals surface area contributed by atoms with Crippen molar-refractivity contribution in [2.75, 3.05) is 0 Å². The standard InChI is InChI=1S/C10H8ClFN2O2/c11-10-13-9-6(12)2-1-3-7(9)14(10)5-4-8(15)16/h1-3H,4-5H2,(H,15,16). The highest BCUT2D eigenvalue weighted by Crippen LogP contribution is 2.22. The molecule has 1 N–H and O–H groups in total. The van der Waals surface area contributed by atoms with Crippen LogP contribution >= 0.6 is 11.6 Å². The summed E-state index contributed by atoms with van der Waals surface area (Å²) in [7, 11) is 0. The predicted molar refractivity (Wildman–Crippen MR) is 57.0 cm³/mol. The number of aryl methyl sites for hydroxylation is 1. The predicted octanol–water partition coefficient (Wildman–Crippen LogP) is 2.30. The fourth-order valence-corrected chi connectivity index (χ4v) is 1.76. The first-order chi connectivity index (χ1) is 7.59. The van der Waals surface area contributed by atoms with Gasteiger partial charge in [0.2, 0.25) is 5.28 Å². The molecule has 1 aromatic heterocycles. The van der Waals surface area contributed by atoms with Gasteiger partial charge in [-0.15, -0.1) is 0 Å². The Balaban J connectivity index is 2.48. The Morgan fingerprint density at radius 3 is 3.00 bits per heavy atom. The number of aliphatic carboxylic acids is 1. The van der Waals surface area contributed by atoms with Crippen LogP contribution in [0.1, 0.15) is 6.42 Å². The number of carboxylic acid groups (broad SMARTS) is 1. The molecule has 2 rings (SSSR count). The molecule has 0 saturated heterocycles. The van der Waals surface area contributed by atoms with Crippen LogP contribution in [0.2, 0.25) is 5.28 Å². The number of benzene rings is 1. The molecule has 0 bridgehead atoms. The number of hydrogen-bond donors (Lipinski definition) is 1. The van der Waals surface area contributed by atoms with E-state index < -0.39 is 11.8 Å². The highest BCUT2D eigenvalue weighted by Gasteiger charge is 2.12. The van der Waals surface area contributed by atoms with Crippen molar-refractivity contribution in [1.29, 1.82) is 0 Å². The molecule has 1 aromatic carbocycles. The van der Waals surface area contributed by atoms with E-state index in [1.165, 1.54) is 16.7 Å². The van der Waals surface area contributed by atoms with Crippen LogP contribution in [0.5, 0.6) is 0 Å². The molecule has 0 aliphatic heterocycles. The average molecular weight is 243 g/mol. The minimum absolute atomic E-state index is 0.0817. The number of halogens is 2. The summed E-state index contributed by atoms with van der Waals surface area (Å²) in [6.45, 7) is 0.175. The van der Waals surface area contributed by atoms with Gasteiger partial charge in [-0.25, -0.2) is 9.37 Å². The van der Waals surface area contributed by atoms with Gasteiger partial charge in [-0.05, 0) is 23.7 Å². The summed E-state index contributed by atoms with van der Waals surface area (Å²) in [6.07, 6.45) is -0.0817. The fourth-order valence-electron chi connectivity index (χ4n) is 1.50. The highest BCUT2D eigenvalue weighted by molar-refractivity contribution is 6.29. The van der Waals surface area contributed by atoms with E-state index in [2.05, 4.69) is 4.98 Å². The summed E-state index contributed by atoms with van der Waals surface area (Å²) in [5, 5.41) is 8.68. The second-order valence-corrected chi connectivity index (χ2v) is 3.62. The Labute approximate surface area is 95.3 Å². The topological polar surface area (TPSA) is 55.1 Å². The molecule has 0 spiro atoms. The van der Waals surface area contributed by atoms with Crippen molar-refractivity contribution >= 4 is 28.6 Å². The van der Waals surface area contributed by atoms with Crippen molar-refractivity contribution in [3.63, 3.8) is 0 Å². The molecule has 0 aliphatic rings. The van der Waals surface area contributed by atoms with Gasteiger partial charge in [0.15, 0.2) is 5.82 Å². The van der Waals surface area contributed by atoms with Gasteiger partial charge >= 0.3 is 5.97 Å². The summed E-state index contributed by atoms with van der Waals surface area (Å²) in [5.41, 5.74) is 0.670. The number of para-hydroxylation sites is 1. The lowest BCUT2D eigenvalue weighted by Crippen LogP contribution is -2.04. The summed E-state index contributed by atoms with van der Waals surface area (Å²) in [4.78, 5) is 14.3. The molecule has 0 saturated carbocycles. The number of imidazole rings is 1. The number of nitrogens with zero attached hydrogens (tertiary/aromatic N) is 2. The van der Waals surface area contributed by atoms with Gasteiger partial charge in [-0.3, -0.25) is 4.79 Å². The lowest BCUT2D eigenvalue weighted by atomic mass is 10.3. The molecule has 4 nitrogen and oxygen atoms in total. The molecule has 1 heterocycles. The smallest absolute Gasteiger partial charge is 0.305 e. The summed E-state index contributed by atoms with van der Waals surface area (Å²) >= 11 is 5.82. The second-order valence-electron chi connectivity index (χ2n) is 3.28. The number of hydrogen-bond acceptors (Lipinski definition) is 2. The molecule has 0 amide bonds. The maximum atomic E-state index is 13.3. The quantitative estimate of drug-likeness (QED) is 0.899. The minimum Gasteiger partial charge on any atom is -0.481 e. The van der Waals surface area contributed by atoms with Crippen molar-refractivity contribution < 1.29 is 14.3 Å². The third kappa shape index (κ3) is 1.86. The van der Waals surface area contributed by atoms with E-state index in [1.54, 1.807) is 6.07 Å². The van der Waals surface area contributed by atoms with E-state index in [4.69, 9.17) is 16.7 Å². The van der Waals surface area contributed by atoms with Crippen LogP contribution in [-0.4, -0.2) is 20.6 Å². The summed E-state index contributed by atoms with van der Waals surface area (Å²) in [6, 6.07) is 4.47. The minimum atomic E-state index is -0.936. The number of carbonyl (C=O) groups is 1. The van der Waals surface area contributed by atoms with Crippen LogP contribution in [-0.2, 0) is 11.3 Å². The Hall–Kier alpha value is -1.62. The van der Waals surface area contributed by atoms with Gasteiger partial charge in [0.25, 0.3) is 0 Å². The van der Waals surface area contributed by atoms with Crippen LogP contribution in [0, 0.1) is 5.82 Å². The number of fused-ring (bicyclic) bond motifs is 1. The molecular formula is C10H8ClFN2O2. The lowest BCUT2D eigenvalue weighted by molar-refractivity contribution is -0.137. The maximum absolute atomic E-state index is 13.3. The van der Waals surface area contributed by atoms with E-state index in [0.29, 0.717) is 5.52 Å². The first-order valence-corrected chi connectivity index (χ1v) is 4.99. The number of aromatic nitrogens is 2. The molecule has 2 aromatic rings. The normalized spacial score (nSPS) is 10.9. The molecule has 16 heavy (non-hydrogen) atoms. The maximum Gasteiger partial charge on any atom is 0.305 e. The van der Waals surface area contributed by atoms with Crippen molar-refractivity contribution in [1.82, 2.24) is 9.55 Å². The van der Waals surface area contributed by atoms with Crippen LogP contribution in [0.3, 0.4) is 0 Å². The first kappa shape index (κ1) is 10.9. The van der Waals surface area contributed by atoms with Gasteiger partial charge < -0.3 is 9.67 Å². The van der Waals surface area contributed by atoms with E-state index in [1.807, 2.05) is 0 Å². The van der Waals surface area contributed by atoms with Gasteiger partial charge in [0, 0.05) is 6.54 Å². The molecule has 0 aliphatic carbocycles. The Morgan fingerprint density at radius 2 is 2.31 bits per heavy atom. The molecule has 0 atom stereocenters. The third-order valence-corrected chi connectivity index (χ3v) is 2.52. The Bertz CT molecular complexity index is 553. The van der Waals surface area contributed by atoms with E-state index in [0.717, 1.165) is 0 Å². The van der Waals surface area contributed by atoms with Gasteiger partial charge in [-0.1, -0.05) is 6.07 Å². The van der Waals surface area contributed by atoms with Crippen LogP contribution in [0.4, 0.5) is 4.39 Å². The zero-order chi connectivity index (χ0) is 11.7. The Morgan fingerprint density at radius 1 is 1.56 bits per heavy atom. The van der Waals surface area contributed by atoms with Crippen molar-refractivity contribution in [3.05, 3.63) is 29.3 Å². The molecular weight excluding hydrogens is 235 g/mol. The largest absolute Gasteiger partial charge is 0.481 e. The average Bonchev–Trinajstić information content (AvgIpc) is 2.53. The van der Waals surface area contributed by atoms with E-state index >= 15 is 0 Å². The third-order valence-electron chi connectivity index (χ3n) is 2.23. The van der Waals surface area contributed by atoms with Gasteiger partial charge in [0.05, 0.1) is 11.9 Å².